The molecule has 0 N–H and O–H groups in total. The lowest BCUT2D eigenvalue weighted by Crippen LogP contribution is -2.16. The summed E-state index contributed by atoms with van der Waals surface area (Å²) >= 11 is 0. The summed E-state index contributed by atoms with van der Waals surface area (Å²) in [5.74, 6) is -0.537. The zero-order valence-electron chi connectivity index (χ0n) is 12.8. The Kier molecular flexibility index (Phi) is 3.63. The maximum Gasteiger partial charge on any atom is 0.343 e. The molecular weight excluding hydrogens is 322 g/mol. The molecule has 0 aliphatic rings. The highest BCUT2D eigenvalue weighted by Gasteiger charge is 2.22. The van der Waals surface area contributed by atoms with Gasteiger partial charge in [0.25, 0.3) is 0 Å². The van der Waals surface area contributed by atoms with E-state index < -0.39 is 11.4 Å². The van der Waals surface area contributed by atoms with Crippen molar-refractivity contribution in [3.8, 4) is 17.3 Å². The monoisotopic (exact) mass is 333 g/mol. The Balaban J connectivity index is 1.89. The highest BCUT2D eigenvalue weighted by atomic mass is 16.5. The van der Waals surface area contributed by atoms with E-state index in [9.17, 15) is 9.59 Å². The number of furan rings is 1. The van der Waals surface area contributed by atoms with Gasteiger partial charge in [0.15, 0.2) is 5.76 Å². The fourth-order valence-corrected chi connectivity index (χ4v) is 2.43. The van der Waals surface area contributed by atoms with E-state index in [-0.39, 0.29) is 17.1 Å². The number of nitrogens with zero attached hydrogens (tertiary/aromatic N) is 1. The minimum atomic E-state index is -0.683. The number of pyridine rings is 1. The van der Waals surface area contributed by atoms with Crippen LogP contribution in [-0.2, 0) is 0 Å². The Labute approximate surface area is 141 Å². The van der Waals surface area contributed by atoms with Crippen LogP contribution in [0.3, 0.4) is 0 Å². The van der Waals surface area contributed by atoms with Crippen molar-refractivity contribution < 1.29 is 18.4 Å². The van der Waals surface area contributed by atoms with Gasteiger partial charge in [-0.1, -0.05) is 12.1 Å². The largest absolute Gasteiger partial charge is 0.461 e. The average molecular weight is 333 g/mol. The molecule has 25 heavy (non-hydrogen) atoms. The fraction of sp³-hybridized carbons (Fsp3) is 0. The van der Waals surface area contributed by atoms with E-state index in [1.807, 2.05) is 0 Å². The van der Waals surface area contributed by atoms with E-state index in [2.05, 4.69) is 4.98 Å². The third kappa shape index (κ3) is 2.70. The number of fused-ring (bicyclic) bond motifs is 1. The third-order valence-electron chi connectivity index (χ3n) is 3.61. The molecule has 122 valence electrons. The van der Waals surface area contributed by atoms with Gasteiger partial charge in [-0.25, -0.2) is 4.79 Å². The molecule has 3 heterocycles. The molecule has 1 aromatic carbocycles. The molecule has 3 aromatic heterocycles. The second kappa shape index (κ2) is 6.09. The van der Waals surface area contributed by atoms with Gasteiger partial charge in [0.2, 0.25) is 16.9 Å². The highest BCUT2D eigenvalue weighted by molar-refractivity contribution is 5.92. The van der Waals surface area contributed by atoms with Gasteiger partial charge < -0.3 is 13.6 Å². The number of benzene rings is 1. The third-order valence-corrected chi connectivity index (χ3v) is 3.61. The number of carbonyl (C=O) groups excluding carboxylic acids is 1. The highest BCUT2D eigenvalue weighted by Crippen LogP contribution is 2.31. The van der Waals surface area contributed by atoms with Crippen molar-refractivity contribution in [3.05, 3.63) is 83.0 Å². The zero-order chi connectivity index (χ0) is 17.2. The van der Waals surface area contributed by atoms with E-state index >= 15 is 0 Å². The van der Waals surface area contributed by atoms with Crippen molar-refractivity contribution in [1.82, 2.24) is 4.98 Å². The summed E-state index contributed by atoms with van der Waals surface area (Å²) in [7, 11) is 0. The van der Waals surface area contributed by atoms with Gasteiger partial charge in [0, 0.05) is 12.4 Å². The number of esters is 1. The molecule has 6 heteroatoms. The molecule has 4 aromatic rings. The van der Waals surface area contributed by atoms with Gasteiger partial charge in [-0.3, -0.25) is 9.78 Å². The lowest BCUT2D eigenvalue weighted by atomic mass is 10.2. The number of aromatic nitrogens is 1. The summed E-state index contributed by atoms with van der Waals surface area (Å²) in [6, 6.07) is 13.0. The van der Waals surface area contributed by atoms with Gasteiger partial charge in [-0.15, -0.1) is 0 Å². The number of para-hydroxylation sites is 1. The maximum atomic E-state index is 12.8. The molecule has 4 rings (SSSR count). The first-order chi connectivity index (χ1) is 12.2. The van der Waals surface area contributed by atoms with E-state index in [4.69, 9.17) is 13.6 Å². The van der Waals surface area contributed by atoms with E-state index in [0.717, 1.165) is 0 Å². The summed E-state index contributed by atoms with van der Waals surface area (Å²) < 4.78 is 16.5. The molecule has 0 radical (unpaired) electrons. The fourth-order valence-electron chi connectivity index (χ4n) is 2.43. The van der Waals surface area contributed by atoms with Crippen LogP contribution in [0.4, 0.5) is 0 Å². The van der Waals surface area contributed by atoms with Gasteiger partial charge >= 0.3 is 5.97 Å². The molecule has 0 atom stereocenters. The predicted molar refractivity (Wildman–Crippen MR) is 89.4 cm³/mol. The first-order valence-corrected chi connectivity index (χ1v) is 7.46. The standard InChI is InChI=1S/C19H11NO5/c21-16-13-4-1-2-5-14(13)24-17(15-6-3-11-23-15)18(16)25-19(22)12-7-9-20-10-8-12/h1-11H. The van der Waals surface area contributed by atoms with Crippen molar-refractivity contribution in [2.45, 2.75) is 0 Å². The molecule has 0 saturated heterocycles. The van der Waals surface area contributed by atoms with Crippen molar-refractivity contribution in [2.24, 2.45) is 0 Å². The molecule has 0 aliphatic heterocycles. The normalized spacial score (nSPS) is 10.7. The number of rotatable bonds is 3. The number of hydrogen-bond donors (Lipinski definition) is 0. The van der Waals surface area contributed by atoms with Crippen molar-refractivity contribution >= 4 is 16.9 Å². The summed E-state index contributed by atoms with van der Waals surface area (Å²) in [6.07, 6.45) is 4.37. The van der Waals surface area contributed by atoms with Gasteiger partial charge in [-0.05, 0) is 36.4 Å². The Morgan fingerprint density at radius 1 is 1.00 bits per heavy atom. The molecule has 0 amide bonds. The molecular formula is C19H11NO5. The Bertz CT molecular complexity index is 1100. The minimum Gasteiger partial charge on any atom is -0.461 e. The summed E-state index contributed by atoms with van der Waals surface area (Å²) in [5.41, 5.74) is 0.200. The maximum absolute atomic E-state index is 12.8. The van der Waals surface area contributed by atoms with Crippen LogP contribution >= 0.6 is 0 Å². The average Bonchev–Trinajstić information content (AvgIpc) is 3.19. The van der Waals surface area contributed by atoms with Crippen LogP contribution in [0.1, 0.15) is 10.4 Å². The Morgan fingerprint density at radius 3 is 2.56 bits per heavy atom. The van der Waals surface area contributed by atoms with Gasteiger partial charge in [-0.2, -0.15) is 0 Å². The molecule has 0 unspecified atom stereocenters. The number of ether oxygens (including phenoxy) is 1. The Morgan fingerprint density at radius 2 is 1.80 bits per heavy atom. The van der Waals surface area contributed by atoms with Crippen LogP contribution in [0, 0.1) is 0 Å². The Hall–Kier alpha value is -3.67. The minimum absolute atomic E-state index is 0.0658. The van der Waals surface area contributed by atoms with Crippen molar-refractivity contribution in [1.29, 1.82) is 0 Å². The summed E-state index contributed by atoms with van der Waals surface area (Å²) in [4.78, 5) is 29.0. The molecule has 6 nitrogen and oxygen atoms in total. The van der Waals surface area contributed by atoms with Crippen molar-refractivity contribution in [2.75, 3.05) is 0 Å². The number of carbonyl (C=O) groups is 1. The zero-order valence-corrected chi connectivity index (χ0v) is 12.8. The SMILES string of the molecule is O=C(Oc1c(-c2ccco2)oc2ccccc2c1=O)c1ccncc1. The van der Waals surface area contributed by atoms with Gasteiger partial charge in [0.05, 0.1) is 17.2 Å². The van der Waals surface area contributed by atoms with Gasteiger partial charge in [0.1, 0.15) is 5.58 Å². The first kappa shape index (κ1) is 14.9. The van der Waals surface area contributed by atoms with E-state index in [1.165, 1.54) is 30.8 Å². The van der Waals surface area contributed by atoms with E-state index in [1.54, 1.807) is 36.4 Å². The van der Waals surface area contributed by atoms with Crippen molar-refractivity contribution in [3.63, 3.8) is 0 Å². The quantitative estimate of drug-likeness (QED) is 0.532. The van der Waals surface area contributed by atoms with Crippen LogP contribution in [0.2, 0.25) is 0 Å². The predicted octanol–water partition coefficient (Wildman–Crippen LogP) is 3.67. The second-order valence-electron chi connectivity index (χ2n) is 5.19. The molecule has 0 fully saturated rings. The van der Waals surface area contributed by atoms with E-state index in [0.29, 0.717) is 16.7 Å². The smallest absolute Gasteiger partial charge is 0.343 e. The van der Waals surface area contributed by atoms with Crippen LogP contribution in [0.15, 0.2) is 80.8 Å². The first-order valence-electron chi connectivity index (χ1n) is 7.46. The number of hydrogen-bond acceptors (Lipinski definition) is 6. The summed E-state index contributed by atoms with van der Waals surface area (Å²) in [6.45, 7) is 0. The second-order valence-corrected chi connectivity index (χ2v) is 5.19. The van der Waals surface area contributed by atoms with Crippen LogP contribution in [0.25, 0.3) is 22.5 Å². The lowest BCUT2D eigenvalue weighted by molar-refractivity contribution is 0.0731. The summed E-state index contributed by atoms with van der Waals surface area (Å²) in [5, 5.41) is 0.315. The topological polar surface area (TPSA) is 82.5 Å². The molecule has 0 aliphatic carbocycles. The molecule has 0 spiro atoms. The molecule has 0 saturated carbocycles. The lowest BCUT2D eigenvalue weighted by Gasteiger charge is -2.08. The van der Waals surface area contributed by atoms with Crippen LogP contribution in [-0.4, -0.2) is 11.0 Å². The van der Waals surface area contributed by atoms with Crippen LogP contribution in [0.5, 0.6) is 5.75 Å². The van der Waals surface area contributed by atoms with Crippen LogP contribution < -0.4 is 10.2 Å². The molecule has 0 bridgehead atoms.